The average molecular weight is 320 g/mol. The van der Waals surface area contributed by atoms with Gasteiger partial charge >= 0.3 is 6.03 Å². The number of urea groups is 1. The van der Waals surface area contributed by atoms with Crippen molar-refractivity contribution in [1.29, 1.82) is 0 Å². The topological polar surface area (TPSA) is 59.0 Å². The zero-order chi connectivity index (χ0) is 16.2. The van der Waals surface area contributed by atoms with Crippen LogP contribution in [0.5, 0.6) is 0 Å². The van der Waals surface area contributed by atoms with E-state index in [-0.39, 0.29) is 11.8 Å². The molecule has 0 unspecified atom stereocenters. The van der Waals surface area contributed by atoms with Crippen molar-refractivity contribution in [1.82, 2.24) is 15.1 Å². The molecule has 1 saturated carbocycles. The Labute approximate surface area is 132 Å². The lowest BCUT2D eigenvalue weighted by Crippen LogP contribution is -2.30. The van der Waals surface area contributed by atoms with Crippen molar-refractivity contribution in [2.45, 2.75) is 25.3 Å². The van der Waals surface area contributed by atoms with Gasteiger partial charge in [0.05, 0.1) is 0 Å². The molecule has 1 aromatic heterocycles. The molecular formula is C16H18F2N4O. The molecule has 2 aromatic rings. The van der Waals surface area contributed by atoms with Crippen LogP contribution in [-0.2, 0) is 6.54 Å². The first-order chi connectivity index (χ1) is 11.1. The summed E-state index contributed by atoms with van der Waals surface area (Å²) in [6, 6.07) is 11.3. The van der Waals surface area contributed by atoms with Crippen LogP contribution in [0.15, 0.2) is 42.6 Å². The first-order valence-electron chi connectivity index (χ1n) is 7.53. The molecule has 0 spiro atoms. The predicted octanol–water partition coefficient (Wildman–Crippen LogP) is 3.07. The molecule has 1 heterocycles. The molecule has 2 N–H and O–H groups in total. The highest BCUT2D eigenvalue weighted by Crippen LogP contribution is 2.46. The number of benzene rings is 1. The third kappa shape index (κ3) is 4.28. The van der Waals surface area contributed by atoms with E-state index in [4.69, 9.17) is 0 Å². The molecule has 5 nitrogen and oxygen atoms in total. The number of nitrogens with one attached hydrogen (secondary N) is 2. The van der Waals surface area contributed by atoms with Crippen molar-refractivity contribution in [3.05, 3.63) is 48.2 Å². The number of anilines is 1. The van der Waals surface area contributed by atoms with Crippen molar-refractivity contribution in [2.24, 2.45) is 5.92 Å². The van der Waals surface area contributed by atoms with Crippen LogP contribution in [0.3, 0.4) is 0 Å². The van der Waals surface area contributed by atoms with Crippen LogP contribution in [-0.4, -0.2) is 28.8 Å². The molecule has 3 rings (SSSR count). The SMILES string of the molecule is O=C(NC[C@H]1C[C@H]1c1ccccc1)Nc1ccn(CC(F)F)n1. The number of hydrogen-bond donors (Lipinski definition) is 2. The van der Waals surface area contributed by atoms with E-state index in [9.17, 15) is 13.6 Å². The van der Waals surface area contributed by atoms with E-state index >= 15 is 0 Å². The van der Waals surface area contributed by atoms with Crippen LogP contribution in [0, 0.1) is 5.92 Å². The quantitative estimate of drug-likeness (QED) is 0.859. The Hall–Kier alpha value is -2.44. The molecule has 1 aromatic carbocycles. The number of carbonyl (C=O) groups is 1. The Morgan fingerprint density at radius 3 is 2.83 bits per heavy atom. The summed E-state index contributed by atoms with van der Waals surface area (Å²) < 4.78 is 25.6. The molecule has 1 aliphatic rings. The summed E-state index contributed by atoms with van der Waals surface area (Å²) in [5.41, 5.74) is 1.30. The van der Waals surface area contributed by atoms with Gasteiger partial charge in [0.1, 0.15) is 6.54 Å². The van der Waals surface area contributed by atoms with E-state index in [1.165, 1.54) is 17.8 Å². The monoisotopic (exact) mass is 320 g/mol. The number of hydrogen-bond acceptors (Lipinski definition) is 2. The molecule has 2 atom stereocenters. The van der Waals surface area contributed by atoms with Crippen molar-refractivity contribution in [3.8, 4) is 0 Å². The first kappa shape index (κ1) is 15.5. The number of carbonyl (C=O) groups excluding carboxylic acids is 1. The largest absolute Gasteiger partial charge is 0.338 e. The molecule has 23 heavy (non-hydrogen) atoms. The van der Waals surface area contributed by atoms with Crippen LogP contribution >= 0.6 is 0 Å². The lowest BCUT2D eigenvalue weighted by atomic mass is 10.1. The van der Waals surface area contributed by atoms with Gasteiger partial charge in [-0.05, 0) is 23.8 Å². The fourth-order valence-corrected chi connectivity index (χ4v) is 2.64. The Balaban J connectivity index is 1.41. The maximum Gasteiger partial charge on any atom is 0.320 e. The molecule has 0 bridgehead atoms. The Morgan fingerprint density at radius 2 is 2.09 bits per heavy atom. The highest BCUT2D eigenvalue weighted by Gasteiger charge is 2.38. The number of halogens is 2. The van der Waals surface area contributed by atoms with Crippen molar-refractivity contribution in [3.63, 3.8) is 0 Å². The highest BCUT2D eigenvalue weighted by atomic mass is 19.3. The van der Waals surface area contributed by atoms with E-state index < -0.39 is 13.0 Å². The van der Waals surface area contributed by atoms with Gasteiger partial charge in [-0.3, -0.25) is 10.00 Å². The van der Waals surface area contributed by atoms with Gasteiger partial charge in [-0.2, -0.15) is 5.10 Å². The summed E-state index contributed by atoms with van der Waals surface area (Å²) in [4.78, 5) is 11.8. The average Bonchev–Trinajstić information content (AvgIpc) is 3.19. The summed E-state index contributed by atoms with van der Waals surface area (Å²) in [5.74, 6) is 1.21. The standard InChI is InChI=1S/C16H18F2N4O/c17-14(18)10-22-7-6-15(21-22)20-16(23)19-9-12-8-13(12)11-4-2-1-3-5-11/h1-7,12-14H,8-10H2,(H2,19,20,21,23)/t12-,13+/m1/s1. The minimum Gasteiger partial charge on any atom is -0.338 e. The molecule has 0 radical (unpaired) electrons. The van der Waals surface area contributed by atoms with Crippen LogP contribution in [0.25, 0.3) is 0 Å². The third-order valence-electron chi connectivity index (χ3n) is 3.88. The van der Waals surface area contributed by atoms with Crippen molar-refractivity contribution < 1.29 is 13.6 Å². The fourth-order valence-electron chi connectivity index (χ4n) is 2.64. The van der Waals surface area contributed by atoms with Gasteiger partial charge in [-0.25, -0.2) is 13.6 Å². The molecule has 122 valence electrons. The predicted molar refractivity (Wildman–Crippen MR) is 82.5 cm³/mol. The third-order valence-corrected chi connectivity index (χ3v) is 3.88. The summed E-state index contributed by atoms with van der Waals surface area (Å²) in [5, 5.41) is 9.20. The maximum absolute atomic E-state index is 12.2. The Bertz CT molecular complexity index is 659. The number of alkyl halides is 2. The van der Waals surface area contributed by atoms with Gasteiger partial charge in [-0.1, -0.05) is 30.3 Å². The zero-order valence-electron chi connectivity index (χ0n) is 12.5. The zero-order valence-corrected chi connectivity index (χ0v) is 12.5. The summed E-state index contributed by atoms with van der Waals surface area (Å²) >= 11 is 0. The second kappa shape index (κ2) is 6.76. The number of aromatic nitrogens is 2. The van der Waals surface area contributed by atoms with E-state index in [0.717, 1.165) is 11.1 Å². The number of nitrogens with zero attached hydrogens (tertiary/aromatic N) is 2. The minimum absolute atomic E-state index is 0.263. The normalized spacial score (nSPS) is 19.6. The molecule has 2 amide bonds. The van der Waals surface area contributed by atoms with Gasteiger partial charge in [-0.15, -0.1) is 0 Å². The smallest absolute Gasteiger partial charge is 0.320 e. The van der Waals surface area contributed by atoms with Gasteiger partial charge < -0.3 is 5.32 Å². The van der Waals surface area contributed by atoms with Crippen LogP contribution in [0.1, 0.15) is 17.9 Å². The second-order valence-electron chi connectivity index (χ2n) is 5.66. The molecule has 1 fully saturated rings. The van der Waals surface area contributed by atoms with Gasteiger partial charge in [0.15, 0.2) is 5.82 Å². The molecular weight excluding hydrogens is 302 g/mol. The Morgan fingerprint density at radius 1 is 1.30 bits per heavy atom. The van der Waals surface area contributed by atoms with E-state index in [1.54, 1.807) is 0 Å². The number of rotatable bonds is 6. The van der Waals surface area contributed by atoms with E-state index in [0.29, 0.717) is 18.4 Å². The van der Waals surface area contributed by atoms with E-state index in [1.807, 2.05) is 18.2 Å². The lowest BCUT2D eigenvalue weighted by molar-refractivity contribution is 0.122. The van der Waals surface area contributed by atoms with Gasteiger partial charge in [0.2, 0.25) is 0 Å². The highest BCUT2D eigenvalue weighted by molar-refractivity contribution is 5.88. The second-order valence-corrected chi connectivity index (χ2v) is 5.66. The maximum atomic E-state index is 12.2. The van der Waals surface area contributed by atoms with Crippen molar-refractivity contribution in [2.75, 3.05) is 11.9 Å². The minimum atomic E-state index is -2.47. The first-order valence-corrected chi connectivity index (χ1v) is 7.53. The van der Waals surface area contributed by atoms with E-state index in [2.05, 4.69) is 27.9 Å². The molecule has 0 saturated heterocycles. The Kier molecular flexibility index (Phi) is 4.55. The lowest BCUT2D eigenvalue weighted by Gasteiger charge is -2.05. The van der Waals surface area contributed by atoms with Gasteiger partial charge in [0, 0.05) is 18.8 Å². The fraction of sp³-hybridized carbons (Fsp3) is 0.375. The summed E-state index contributed by atoms with van der Waals surface area (Å²) in [7, 11) is 0. The number of amides is 2. The van der Waals surface area contributed by atoms with Crippen LogP contribution in [0.2, 0.25) is 0 Å². The molecule has 1 aliphatic carbocycles. The summed E-state index contributed by atoms with van der Waals surface area (Å²) in [6.45, 7) is 0.104. The molecule has 7 heteroatoms. The molecule has 0 aliphatic heterocycles. The van der Waals surface area contributed by atoms with Gasteiger partial charge in [0.25, 0.3) is 6.43 Å². The van der Waals surface area contributed by atoms with Crippen LogP contribution in [0.4, 0.5) is 19.4 Å². The van der Waals surface area contributed by atoms with Crippen molar-refractivity contribution >= 4 is 11.8 Å². The summed E-state index contributed by atoms with van der Waals surface area (Å²) in [6.07, 6.45) is 0.00266. The van der Waals surface area contributed by atoms with Crippen LogP contribution < -0.4 is 10.6 Å².